The first kappa shape index (κ1) is 16.9. The van der Waals surface area contributed by atoms with Gasteiger partial charge in [-0.2, -0.15) is 4.31 Å². The van der Waals surface area contributed by atoms with E-state index in [2.05, 4.69) is 24.1 Å². The third-order valence-corrected chi connectivity index (χ3v) is 5.56. The van der Waals surface area contributed by atoms with E-state index in [1.807, 2.05) is 0 Å². The SMILES string of the molecule is CCCNCCCCS(=O)(=O)N1CCN(CC)CC1. The molecule has 1 rings (SSSR count). The standard InChI is InChI=1S/C13H29N3O2S/c1-3-7-14-8-5-6-13-19(17,18)16-11-9-15(4-2)10-12-16/h14H,3-13H2,1-2H3. The highest BCUT2D eigenvalue weighted by atomic mass is 32.2. The Kier molecular flexibility index (Phi) is 7.90. The summed E-state index contributed by atoms with van der Waals surface area (Å²) in [4.78, 5) is 2.29. The molecule has 0 spiro atoms. The number of piperazine rings is 1. The van der Waals surface area contributed by atoms with Crippen LogP contribution in [0.25, 0.3) is 0 Å². The molecule has 1 heterocycles. The molecule has 1 N–H and O–H groups in total. The molecular formula is C13H29N3O2S. The summed E-state index contributed by atoms with van der Waals surface area (Å²) in [5.74, 6) is 0.299. The summed E-state index contributed by atoms with van der Waals surface area (Å²) in [5.41, 5.74) is 0. The lowest BCUT2D eigenvalue weighted by atomic mass is 10.3. The fourth-order valence-electron chi connectivity index (χ4n) is 2.29. The lowest BCUT2D eigenvalue weighted by Gasteiger charge is -2.33. The molecule has 1 fully saturated rings. The molecule has 0 aliphatic carbocycles. The highest BCUT2D eigenvalue weighted by Gasteiger charge is 2.25. The molecule has 1 saturated heterocycles. The van der Waals surface area contributed by atoms with Gasteiger partial charge in [-0.05, 0) is 38.9 Å². The topological polar surface area (TPSA) is 52.7 Å². The Hall–Kier alpha value is -0.170. The van der Waals surface area contributed by atoms with Gasteiger partial charge in [0.15, 0.2) is 0 Å². The van der Waals surface area contributed by atoms with Crippen LogP contribution in [0.2, 0.25) is 0 Å². The first-order chi connectivity index (χ1) is 9.10. The molecule has 0 aromatic heterocycles. The number of hydrogen-bond acceptors (Lipinski definition) is 4. The molecular weight excluding hydrogens is 262 g/mol. The maximum Gasteiger partial charge on any atom is 0.214 e. The van der Waals surface area contributed by atoms with Gasteiger partial charge in [-0.3, -0.25) is 0 Å². The largest absolute Gasteiger partial charge is 0.317 e. The molecule has 0 bridgehead atoms. The number of unbranched alkanes of at least 4 members (excludes halogenated alkanes) is 1. The van der Waals surface area contributed by atoms with Crippen LogP contribution >= 0.6 is 0 Å². The Bertz CT molecular complexity index is 325. The van der Waals surface area contributed by atoms with E-state index in [0.29, 0.717) is 18.8 Å². The van der Waals surface area contributed by atoms with Crippen molar-refractivity contribution in [2.45, 2.75) is 33.1 Å². The van der Waals surface area contributed by atoms with Crippen LogP contribution in [0.3, 0.4) is 0 Å². The minimum absolute atomic E-state index is 0.299. The van der Waals surface area contributed by atoms with Crippen LogP contribution < -0.4 is 5.32 Å². The zero-order chi connectivity index (χ0) is 14.1. The van der Waals surface area contributed by atoms with Gasteiger partial charge in [0.25, 0.3) is 0 Å². The van der Waals surface area contributed by atoms with Crippen molar-refractivity contribution in [2.75, 3.05) is 51.6 Å². The van der Waals surface area contributed by atoms with E-state index in [0.717, 1.165) is 52.0 Å². The quantitative estimate of drug-likeness (QED) is 0.637. The molecule has 114 valence electrons. The van der Waals surface area contributed by atoms with Crippen molar-refractivity contribution in [1.82, 2.24) is 14.5 Å². The zero-order valence-electron chi connectivity index (χ0n) is 12.4. The summed E-state index contributed by atoms with van der Waals surface area (Å²) in [5, 5.41) is 3.30. The first-order valence-electron chi connectivity index (χ1n) is 7.51. The second-order valence-electron chi connectivity index (χ2n) is 5.11. The van der Waals surface area contributed by atoms with Gasteiger partial charge >= 0.3 is 0 Å². The monoisotopic (exact) mass is 291 g/mol. The average Bonchev–Trinajstić information content (AvgIpc) is 2.43. The second kappa shape index (κ2) is 8.89. The van der Waals surface area contributed by atoms with E-state index in [4.69, 9.17) is 0 Å². The van der Waals surface area contributed by atoms with E-state index in [1.165, 1.54) is 0 Å². The smallest absolute Gasteiger partial charge is 0.214 e. The molecule has 0 amide bonds. The van der Waals surface area contributed by atoms with Crippen LogP contribution in [-0.2, 0) is 10.0 Å². The van der Waals surface area contributed by atoms with Crippen LogP contribution in [0.5, 0.6) is 0 Å². The van der Waals surface area contributed by atoms with Gasteiger partial charge in [0.05, 0.1) is 5.75 Å². The van der Waals surface area contributed by atoms with Crippen LogP contribution in [0.4, 0.5) is 0 Å². The van der Waals surface area contributed by atoms with Crippen molar-refractivity contribution >= 4 is 10.0 Å². The van der Waals surface area contributed by atoms with Gasteiger partial charge in [0.1, 0.15) is 0 Å². The van der Waals surface area contributed by atoms with E-state index in [9.17, 15) is 8.42 Å². The molecule has 0 unspecified atom stereocenters. The lowest BCUT2D eigenvalue weighted by molar-refractivity contribution is 0.196. The maximum absolute atomic E-state index is 12.2. The normalized spacial score (nSPS) is 18.8. The van der Waals surface area contributed by atoms with Crippen molar-refractivity contribution in [3.05, 3.63) is 0 Å². The number of nitrogens with one attached hydrogen (secondary N) is 1. The van der Waals surface area contributed by atoms with Gasteiger partial charge in [-0.1, -0.05) is 13.8 Å². The average molecular weight is 291 g/mol. The maximum atomic E-state index is 12.2. The van der Waals surface area contributed by atoms with Crippen molar-refractivity contribution < 1.29 is 8.42 Å². The van der Waals surface area contributed by atoms with E-state index < -0.39 is 10.0 Å². The molecule has 19 heavy (non-hydrogen) atoms. The number of likely N-dealkylation sites (N-methyl/N-ethyl adjacent to an activating group) is 1. The molecule has 6 heteroatoms. The molecule has 5 nitrogen and oxygen atoms in total. The van der Waals surface area contributed by atoms with Gasteiger partial charge in [-0.25, -0.2) is 8.42 Å². The molecule has 0 aromatic carbocycles. The number of rotatable bonds is 9. The van der Waals surface area contributed by atoms with Crippen molar-refractivity contribution in [3.8, 4) is 0 Å². The van der Waals surface area contributed by atoms with Crippen molar-refractivity contribution in [3.63, 3.8) is 0 Å². The fourth-order valence-corrected chi connectivity index (χ4v) is 3.84. The molecule has 0 saturated carbocycles. The summed E-state index contributed by atoms with van der Waals surface area (Å²) in [6, 6.07) is 0. The minimum Gasteiger partial charge on any atom is -0.317 e. The number of nitrogens with zero attached hydrogens (tertiary/aromatic N) is 2. The van der Waals surface area contributed by atoms with Crippen LogP contribution in [0, 0.1) is 0 Å². The van der Waals surface area contributed by atoms with Gasteiger partial charge in [-0.15, -0.1) is 0 Å². The number of sulfonamides is 1. The molecule has 0 radical (unpaired) electrons. The van der Waals surface area contributed by atoms with Crippen LogP contribution in [0.15, 0.2) is 0 Å². The van der Waals surface area contributed by atoms with Crippen LogP contribution in [-0.4, -0.2) is 69.2 Å². The number of hydrogen-bond donors (Lipinski definition) is 1. The van der Waals surface area contributed by atoms with Crippen molar-refractivity contribution in [2.24, 2.45) is 0 Å². The van der Waals surface area contributed by atoms with Gasteiger partial charge < -0.3 is 10.2 Å². The highest BCUT2D eigenvalue weighted by Crippen LogP contribution is 2.09. The van der Waals surface area contributed by atoms with Crippen LogP contribution in [0.1, 0.15) is 33.1 Å². The Morgan fingerprint density at radius 3 is 2.26 bits per heavy atom. The van der Waals surface area contributed by atoms with Gasteiger partial charge in [0, 0.05) is 26.2 Å². The van der Waals surface area contributed by atoms with Gasteiger partial charge in [0.2, 0.25) is 10.0 Å². The summed E-state index contributed by atoms with van der Waals surface area (Å²) >= 11 is 0. The lowest BCUT2D eigenvalue weighted by Crippen LogP contribution is -2.49. The minimum atomic E-state index is -3.03. The third-order valence-electron chi connectivity index (χ3n) is 3.60. The third kappa shape index (κ3) is 6.21. The highest BCUT2D eigenvalue weighted by molar-refractivity contribution is 7.89. The first-order valence-corrected chi connectivity index (χ1v) is 9.12. The molecule has 0 atom stereocenters. The molecule has 0 aromatic rings. The Labute approximate surface area is 118 Å². The van der Waals surface area contributed by atoms with E-state index in [1.54, 1.807) is 4.31 Å². The summed E-state index contributed by atoms with van der Waals surface area (Å²) < 4.78 is 26.0. The molecule has 1 aliphatic heterocycles. The summed E-state index contributed by atoms with van der Waals surface area (Å²) in [6.07, 6.45) is 2.82. The Morgan fingerprint density at radius 2 is 1.68 bits per heavy atom. The van der Waals surface area contributed by atoms with E-state index >= 15 is 0 Å². The predicted molar refractivity (Wildman–Crippen MR) is 79.9 cm³/mol. The zero-order valence-corrected chi connectivity index (χ0v) is 13.2. The predicted octanol–water partition coefficient (Wildman–Crippen LogP) is 0.734. The van der Waals surface area contributed by atoms with Crippen molar-refractivity contribution in [1.29, 1.82) is 0 Å². The fraction of sp³-hybridized carbons (Fsp3) is 1.00. The van der Waals surface area contributed by atoms with E-state index in [-0.39, 0.29) is 0 Å². The second-order valence-corrected chi connectivity index (χ2v) is 7.19. The Balaban J connectivity index is 2.21. The molecule has 1 aliphatic rings. The Morgan fingerprint density at radius 1 is 1.00 bits per heavy atom. The summed E-state index contributed by atoms with van der Waals surface area (Å²) in [6.45, 7) is 10.3. The summed E-state index contributed by atoms with van der Waals surface area (Å²) in [7, 11) is -3.03.